The average molecular weight is 298 g/mol. The molecule has 6 heteroatoms. The monoisotopic (exact) mass is 298 g/mol. The number of rotatable bonds is 0. The number of imide groups is 2. The summed E-state index contributed by atoms with van der Waals surface area (Å²) in [5.74, 6) is -0.694. The van der Waals surface area contributed by atoms with Gasteiger partial charge in [-0.2, -0.15) is 0 Å². The fourth-order valence-corrected chi connectivity index (χ4v) is 1.41. The molecule has 0 spiro atoms. The highest BCUT2D eigenvalue weighted by Crippen LogP contribution is 2.15. The van der Waals surface area contributed by atoms with E-state index in [2.05, 4.69) is 0 Å². The van der Waals surface area contributed by atoms with E-state index in [-0.39, 0.29) is 29.5 Å². The molecule has 2 aliphatic heterocycles. The van der Waals surface area contributed by atoms with Crippen molar-refractivity contribution in [3.63, 3.8) is 0 Å². The van der Waals surface area contributed by atoms with Gasteiger partial charge in [-0.05, 0) is 0 Å². The third-order valence-corrected chi connectivity index (χ3v) is 2.64. The molecule has 0 radical (unpaired) electrons. The van der Waals surface area contributed by atoms with Crippen LogP contribution in [-0.4, -0.2) is 47.5 Å². The summed E-state index contributed by atoms with van der Waals surface area (Å²) >= 11 is 0. The van der Waals surface area contributed by atoms with Crippen molar-refractivity contribution < 1.29 is 19.2 Å². The number of likely N-dealkylation sites (N-methyl/N-ethyl adjacent to an activating group) is 1. The van der Waals surface area contributed by atoms with Crippen LogP contribution in [0.1, 0.15) is 41.0 Å². The molecule has 21 heavy (non-hydrogen) atoms. The number of carbonyl (C=O) groups excluding carboxylic acids is 4. The van der Waals surface area contributed by atoms with Crippen molar-refractivity contribution in [1.82, 2.24) is 9.80 Å². The molecule has 1 fully saturated rings. The SMILES string of the molecule is CC.CC.CC1CC(=O)N(C)C1=O.CN1C(=O)C=CC1=O. The highest BCUT2D eigenvalue weighted by Gasteiger charge is 2.32. The lowest BCUT2D eigenvalue weighted by atomic mass is 10.1. The fraction of sp³-hybridized carbons (Fsp3) is 0.600. The van der Waals surface area contributed by atoms with E-state index in [9.17, 15) is 19.2 Å². The van der Waals surface area contributed by atoms with Crippen molar-refractivity contribution in [3.8, 4) is 0 Å². The Morgan fingerprint density at radius 1 is 0.857 bits per heavy atom. The van der Waals surface area contributed by atoms with Gasteiger partial charge in [0.2, 0.25) is 11.8 Å². The van der Waals surface area contributed by atoms with Crippen LogP contribution in [0.25, 0.3) is 0 Å². The van der Waals surface area contributed by atoms with E-state index in [1.165, 1.54) is 31.1 Å². The molecular weight excluding hydrogens is 272 g/mol. The van der Waals surface area contributed by atoms with E-state index in [0.29, 0.717) is 6.42 Å². The molecule has 0 N–H and O–H groups in total. The fourth-order valence-electron chi connectivity index (χ4n) is 1.41. The molecule has 6 nitrogen and oxygen atoms in total. The maximum Gasteiger partial charge on any atom is 0.253 e. The minimum Gasteiger partial charge on any atom is -0.286 e. The summed E-state index contributed by atoms with van der Waals surface area (Å²) in [6, 6.07) is 0. The van der Waals surface area contributed by atoms with Crippen molar-refractivity contribution in [2.75, 3.05) is 14.1 Å². The van der Waals surface area contributed by atoms with Crippen LogP contribution in [0.2, 0.25) is 0 Å². The predicted molar refractivity (Wildman–Crippen MR) is 81.2 cm³/mol. The van der Waals surface area contributed by atoms with Gasteiger partial charge in [0.05, 0.1) is 0 Å². The van der Waals surface area contributed by atoms with E-state index in [1.807, 2.05) is 27.7 Å². The summed E-state index contributed by atoms with van der Waals surface area (Å²) in [6.45, 7) is 9.77. The van der Waals surface area contributed by atoms with Crippen molar-refractivity contribution in [2.24, 2.45) is 5.92 Å². The largest absolute Gasteiger partial charge is 0.286 e. The summed E-state index contributed by atoms with van der Waals surface area (Å²) in [6.07, 6.45) is 2.89. The van der Waals surface area contributed by atoms with Gasteiger partial charge >= 0.3 is 0 Å². The molecule has 0 aromatic rings. The summed E-state index contributed by atoms with van der Waals surface area (Å²) < 4.78 is 0. The summed E-state index contributed by atoms with van der Waals surface area (Å²) in [5, 5.41) is 0. The van der Waals surface area contributed by atoms with Crippen LogP contribution in [0.3, 0.4) is 0 Å². The molecule has 0 saturated carbocycles. The third kappa shape index (κ3) is 6.33. The molecular formula is C15H26N2O4. The lowest BCUT2D eigenvalue weighted by Crippen LogP contribution is -2.24. The van der Waals surface area contributed by atoms with Crippen LogP contribution in [0.5, 0.6) is 0 Å². The zero-order valence-electron chi connectivity index (χ0n) is 14.0. The number of nitrogens with zero attached hydrogens (tertiary/aromatic N) is 2. The standard InChI is InChI=1S/C6H9NO2.C5H5NO2.2C2H6/c1-4-3-5(8)7(2)6(4)9;1-6-4(7)2-3-5(6)8;2*1-2/h4H,3H2,1-2H3;2-3H,1H3;2*1-2H3. The molecule has 0 aliphatic carbocycles. The molecule has 1 atom stereocenters. The molecule has 0 aromatic heterocycles. The van der Waals surface area contributed by atoms with Crippen molar-refractivity contribution >= 4 is 23.6 Å². The normalized spacial score (nSPS) is 19.5. The lowest BCUT2D eigenvalue weighted by Gasteiger charge is -2.03. The number of amides is 4. The summed E-state index contributed by atoms with van der Waals surface area (Å²) in [7, 11) is 2.97. The Balaban J connectivity index is 0. The first-order valence-corrected chi connectivity index (χ1v) is 7.14. The Morgan fingerprint density at radius 2 is 1.24 bits per heavy atom. The Bertz CT molecular complexity index is 398. The van der Waals surface area contributed by atoms with Crippen molar-refractivity contribution in [1.29, 1.82) is 0 Å². The molecule has 120 valence electrons. The van der Waals surface area contributed by atoms with E-state index in [0.717, 1.165) is 4.90 Å². The zero-order chi connectivity index (χ0) is 17.2. The van der Waals surface area contributed by atoms with Gasteiger partial charge in [-0.3, -0.25) is 29.0 Å². The molecule has 2 aliphatic rings. The maximum atomic E-state index is 10.8. The zero-order valence-corrected chi connectivity index (χ0v) is 14.0. The molecule has 0 bridgehead atoms. The van der Waals surface area contributed by atoms with E-state index in [1.54, 1.807) is 6.92 Å². The molecule has 0 aromatic carbocycles. The van der Waals surface area contributed by atoms with Crippen LogP contribution >= 0.6 is 0 Å². The van der Waals surface area contributed by atoms with Crippen LogP contribution in [-0.2, 0) is 19.2 Å². The minimum absolute atomic E-state index is 0.0556. The Labute approximate surface area is 126 Å². The molecule has 1 saturated heterocycles. The quantitative estimate of drug-likeness (QED) is 0.637. The minimum atomic E-state index is -0.241. The second kappa shape index (κ2) is 10.8. The van der Waals surface area contributed by atoms with Gasteiger partial charge in [-0.15, -0.1) is 0 Å². The van der Waals surface area contributed by atoms with Gasteiger partial charge in [-0.1, -0.05) is 34.6 Å². The number of carbonyl (C=O) groups is 4. The molecule has 4 amide bonds. The molecule has 1 unspecified atom stereocenters. The van der Waals surface area contributed by atoms with E-state index < -0.39 is 0 Å². The number of hydrogen-bond acceptors (Lipinski definition) is 4. The second-order valence-corrected chi connectivity index (χ2v) is 3.96. The first-order valence-electron chi connectivity index (χ1n) is 7.14. The third-order valence-electron chi connectivity index (χ3n) is 2.64. The van der Waals surface area contributed by atoms with Crippen molar-refractivity contribution in [3.05, 3.63) is 12.2 Å². The average Bonchev–Trinajstić information content (AvgIpc) is 2.92. The first kappa shape index (κ1) is 21.3. The van der Waals surface area contributed by atoms with Gasteiger partial charge in [0.15, 0.2) is 0 Å². The number of likely N-dealkylation sites (tertiary alicyclic amines) is 1. The topological polar surface area (TPSA) is 74.8 Å². The van der Waals surface area contributed by atoms with Gasteiger partial charge in [-0.25, -0.2) is 0 Å². The van der Waals surface area contributed by atoms with Gasteiger partial charge in [0.25, 0.3) is 11.8 Å². The number of hydrogen-bond donors (Lipinski definition) is 0. The summed E-state index contributed by atoms with van der Waals surface area (Å²) in [4.78, 5) is 44.6. The molecule has 2 heterocycles. The van der Waals surface area contributed by atoms with Crippen molar-refractivity contribution in [2.45, 2.75) is 41.0 Å². The Hall–Kier alpha value is -1.98. The maximum absolute atomic E-state index is 10.8. The first-order chi connectivity index (χ1) is 9.84. The highest BCUT2D eigenvalue weighted by molar-refractivity contribution is 6.12. The van der Waals surface area contributed by atoms with Crippen LogP contribution in [0.15, 0.2) is 12.2 Å². The van der Waals surface area contributed by atoms with Crippen LogP contribution < -0.4 is 0 Å². The van der Waals surface area contributed by atoms with Gasteiger partial charge < -0.3 is 0 Å². The van der Waals surface area contributed by atoms with E-state index >= 15 is 0 Å². The van der Waals surface area contributed by atoms with E-state index in [4.69, 9.17) is 0 Å². The summed E-state index contributed by atoms with van der Waals surface area (Å²) in [5.41, 5.74) is 0. The van der Waals surface area contributed by atoms with Crippen LogP contribution in [0, 0.1) is 5.92 Å². The smallest absolute Gasteiger partial charge is 0.253 e. The second-order valence-electron chi connectivity index (χ2n) is 3.96. The van der Waals surface area contributed by atoms with Gasteiger partial charge in [0, 0.05) is 38.6 Å². The van der Waals surface area contributed by atoms with Crippen LogP contribution in [0.4, 0.5) is 0 Å². The lowest BCUT2D eigenvalue weighted by molar-refractivity contribution is -0.138. The Kier molecular flexibility index (Phi) is 10.9. The Morgan fingerprint density at radius 3 is 1.33 bits per heavy atom. The molecule has 2 rings (SSSR count). The predicted octanol–water partition coefficient (Wildman–Crippen LogP) is 1.60. The highest BCUT2D eigenvalue weighted by atomic mass is 16.2. The van der Waals surface area contributed by atoms with Gasteiger partial charge in [0.1, 0.15) is 0 Å².